The average molecular weight is 183 g/mol. The minimum Gasteiger partial charge on any atom is -0.466 e. The fourth-order valence-corrected chi connectivity index (χ4v) is 1.36. The van der Waals surface area contributed by atoms with Crippen LogP contribution in [0.4, 0.5) is 0 Å². The predicted octanol–water partition coefficient (Wildman–Crippen LogP) is 1.20. The largest absolute Gasteiger partial charge is 0.466 e. The highest BCUT2D eigenvalue weighted by molar-refractivity contribution is 5.81. The van der Waals surface area contributed by atoms with Gasteiger partial charge in [0.1, 0.15) is 0 Å². The molecule has 0 aromatic carbocycles. The van der Waals surface area contributed by atoms with Crippen molar-refractivity contribution in [3.05, 3.63) is 12.2 Å². The molecule has 1 saturated carbocycles. The second kappa shape index (κ2) is 5.02. The zero-order valence-corrected chi connectivity index (χ0v) is 8.32. The van der Waals surface area contributed by atoms with Crippen LogP contribution < -0.4 is 0 Å². The minimum absolute atomic E-state index is 0.276. The molecule has 3 nitrogen and oxygen atoms in total. The lowest BCUT2D eigenvalue weighted by atomic mass is 9.92. The first-order valence-corrected chi connectivity index (χ1v) is 4.68. The van der Waals surface area contributed by atoms with Crippen molar-refractivity contribution < 1.29 is 9.53 Å². The number of ether oxygens (including phenoxy) is 1. The molecule has 0 aromatic rings. The molecule has 1 fully saturated rings. The number of nitrogens with zero attached hydrogens (tertiary/aromatic N) is 1. The zero-order valence-electron chi connectivity index (χ0n) is 8.32. The molecule has 0 unspecified atom stereocenters. The predicted molar refractivity (Wildman–Crippen MR) is 51.4 cm³/mol. The number of carbonyl (C=O) groups excluding carboxylic acids is 1. The number of likely N-dealkylation sites (N-methyl/N-ethyl adjacent to an activating group) is 1. The van der Waals surface area contributed by atoms with Crippen molar-refractivity contribution in [2.45, 2.75) is 25.3 Å². The summed E-state index contributed by atoms with van der Waals surface area (Å²) in [4.78, 5) is 13.0. The standard InChI is InChI=1S/C10H17NO2/c1-11(9-5-3-6-9)8-4-7-10(12)13-2/h4,7,9H,3,5-6,8H2,1-2H3. The van der Waals surface area contributed by atoms with Gasteiger partial charge in [-0.25, -0.2) is 4.79 Å². The molecule has 0 N–H and O–H groups in total. The first-order valence-electron chi connectivity index (χ1n) is 4.68. The van der Waals surface area contributed by atoms with Crippen LogP contribution in [0.15, 0.2) is 12.2 Å². The van der Waals surface area contributed by atoms with E-state index >= 15 is 0 Å². The Bertz CT molecular complexity index is 197. The molecule has 13 heavy (non-hydrogen) atoms. The molecule has 1 aliphatic rings. The number of methoxy groups -OCH3 is 1. The van der Waals surface area contributed by atoms with Crippen LogP contribution in [0.5, 0.6) is 0 Å². The van der Waals surface area contributed by atoms with Crippen LogP contribution in [-0.2, 0) is 9.53 Å². The molecule has 0 atom stereocenters. The quantitative estimate of drug-likeness (QED) is 0.484. The first kappa shape index (κ1) is 10.3. The van der Waals surface area contributed by atoms with Gasteiger partial charge in [-0.05, 0) is 19.9 Å². The van der Waals surface area contributed by atoms with Crippen molar-refractivity contribution in [2.75, 3.05) is 20.7 Å². The number of hydrogen-bond acceptors (Lipinski definition) is 3. The van der Waals surface area contributed by atoms with Gasteiger partial charge in [0, 0.05) is 18.7 Å². The number of rotatable bonds is 4. The Kier molecular flexibility index (Phi) is 3.96. The van der Waals surface area contributed by atoms with E-state index in [-0.39, 0.29) is 5.97 Å². The normalized spacial score (nSPS) is 17.8. The average Bonchev–Trinajstić information content (AvgIpc) is 2.01. The molecule has 0 bridgehead atoms. The molecule has 0 saturated heterocycles. The van der Waals surface area contributed by atoms with Crippen LogP contribution in [0.1, 0.15) is 19.3 Å². The molecule has 0 radical (unpaired) electrons. The highest BCUT2D eigenvalue weighted by Gasteiger charge is 2.20. The topological polar surface area (TPSA) is 29.5 Å². The summed E-state index contributed by atoms with van der Waals surface area (Å²) in [6.45, 7) is 0.833. The van der Waals surface area contributed by atoms with E-state index < -0.39 is 0 Å². The molecule has 1 rings (SSSR count). The molecule has 0 aliphatic heterocycles. The van der Waals surface area contributed by atoms with Crippen molar-refractivity contribution >= 4 is 5.97 Å². The van der Waals surface area contributed by atoms with E-state index in [0.29, 0.717) is 0 Å². The minimum atomic E-state index is -0.276. The molecule has 3 heteroatoms. The SMILES string of the molecule is COC(=O)C=CCN(C)C1CCC1. The fourth-order valence-electron chi connectivity index (χ4n) is 1.36. The monoisotopic (exact) mass is 183 g/mol. The Hall–Kier alpha value is -0.830. The second-order valence-corrected chi connectivity index (χ2v) is 3.45. The molecule has 0 heterocycles. The molecular formula is C10H17NO2. The van der Waals surface area contributed by atoms with Gasteiger partial charge in [-0.2, -0.15) is 0 Å². The van der Waals surface area contributed by atoms with Gasteiger partial charge in [0.2, 0.25) is 0 Å². The van der Waals surface area contributed by atoms with Crippen molar-refractivity contribution in [3.63, 3.8) is 0 Å². The maximum Gasteiger partial charge on any atom is 0.330 e. The molecular weight excluding hydrogens is 166 g/mol. The van der Waals surface area contributed by atoms with Crippen molar-refractivity contribution in [2.24, 2.45) is 0 Å². The van der Waals surface area contributed by atoms with Crippen molar-refractivity contribution in [1.29, 1.82) is 0 Å². The van der Waals surface area contributed by atoms with Gasteiger partial charge in [0.25, 0.3) is 0 Å². The van der Waals surface area contributed by atoms with Gasteiger partial charge in [0.05, 0.1) is 7.11 Å². The fraction of sp³-hybridized carbons (Fsp3) is 0.700. The third-order valence-corrected chi connectivity index (χ3v) is 2.55. The van der Waals surface area contributed by atoms with E-state index in [1.807, 2.05) is 6.08 Å². The highest BCUT2D eigenvalue weighted by atomic mass is 16.5. The van der Waals surface area contributed by atoms with Crippen LogP contribution in [0.3, 0.4) is 0 Å². The van der Waals surface area contributed by atoms with Gasteiger partial charge >= 0.3 is 5.97 Å². The van der Waals surface area contributed by atoms with E-state index in [1.54, 1.807) is 0 Å². The maximum atomic E-state index is 10.7. The zero-order chi connectivity index (χ0) is 9.68. The third-order valence-electron chi connectivity index (χ3n) is 2.55. The van der Waals surface area contributed by atoms with E-state index in [0.717, 1.165) is 12.6 Å². The van der Waals surface area contributed by atoms with Crippen LogP contribution >= 0.6 is 0 Å². The lowest BCUT2D eigenvalue weighted by Crippen LogP contribution is -2.37. The summed E-state index contributed by atoms with van der Waals surface area (Å²) in [5.74, 6) is -0.276. The molecule has 0 amide bonds. The molecule has 74 valence electrons. The Morgan fingerprint density at radius 1 is 1.62 bits per heavy atom. The van der Waals surface area contributed by atoms with Crippen LogP contribution in [0.25, 0.3) is 0 Å². The summed E-state index contributed by atoms with van der Waals surface area (Å²) in [6, 6.07) is 0.724. The van der Waals surface area contributed by atoms with Crippen LogP contribution in [0.2, 0.25) is 0 Å². The third kappa shape index (κ3) is 3.19. The van der Waals surface area contributed by atoms with E-state index in [9.17, 15) is 4.79 Å². The van der Waals surface area contributed by atoms with Gasteiger partial charge in [0.15, 0.2) is 0 Å². The van der Waals surface area contributed by atoms with Crippen LogP contribution in [-0.4, -0.2) is 37.6 Å². The maximum absolute atomic E-state index is 10.7. The van der Waals surface area contributed by atoms with Gasteiger partial charge in [-0.1, -0.05) is 12.5 Å². The van der Waals surface area contributed by atoms with Gasteiger partial charge < -0.3 is 4.74 Å². The van der Waals surface area contributed by atoms with Crippen LogP contribution in [0, 0.1) is 0 Å². The van der Waals surface area contributed by atoms with Crippen molar-refractivity contribution in [3.8, 4) is 0 Å². The smallest absolute Gasteiger partial charge is 0.330 e. The summed E-state index contributed by atoms with van der Waals surface area (Å²) in [5.41, 5.74) is 0. The van der Waals surface area contributed by atoms with Gasteiger partial charge in [-0.3, -0.25) is 4.90 Å². The lowest BCUT2D eigenvalue weighted by Gasteiger charge is -2.33. The Balaban J connectivity index is 2.16. The van der Waals surface area contributed by atoms with E-state index in [4.69, 9.17) is 0 Å². The summed E-state index contributed by atoms with van der Waals surface area (Å²) in [6.07, 6.45) is 7.26. The first-order chi connectivity index (χ1) is 6.24. The number of carbonyl (C=O) groups is 1. The Morgan fingerprint density at radius 3 is 2.77 bits per heavy atom. The highest BCUT2D eigenvalue weighted by Crippen LogP contribution is 2.22. The summed E-state index contributed by atoms with van der Waals surface area (Å²) in [5, 5.41) is 0. The molecule has 1 aliphatic carbocycles. The van der Waals surface area contributed by atoms with Gasteiger partial charge in [-0.15, -0.1) is 0 Å². The summed E-state index contributed by atoms with van der Waals surface area (Å²) in [7, 11) is 3.48. The summed E-state index contributed by atoms with van der Waals surface area (Å²) >= 11 is 0. The molecule has 0 spiro atoms. The summed E-state index contributed by atoms with van der Waals surface area (Å²) < 4.78 is 4.49. The lowest BCUT2D eigenvalue weighted by molar-refractivity contribution is -0.134. The number of esters is 1. The van der Waals surface area contributed by atoms with E-state index in [1.165, 1.54) is 32.4 Å². The second-order valence-electron chi connectivity index (χ2n) is 3.45. The Labute approximate surface area is 79.4 Å². The van der Waals surface area contributed by atoms with E-state index in [2.05, 4.69) is 16.7 Å². The Morgan fingerprint density at radius 2 is 2.31 bits per heavy atom. The van der Waals surface area contributed by atoms with Crippen molar-refractivity contribution in [1.82, 2.24) is 4.90 Å². The number of hydrogen-bond donors (Lipinski definition) is 0. The molecule has 0 aromatic heterocycles.